The first-order valence-electron chi connectivity index (χ1n) is 5.06. The fourth-order valence-corrected chi connectivity index (χ4v) is 2.55. The minimum Gasteiger partial charge on any atom is -0.478 e. The number of aromatic carboxylic acids is 1. The summed E-state index contributed by atoms with van der Waals surface area (Å²) in [6.07, 6.45) is 1.15. The van der Waals surface area contributed by atoms with Gasteiger partial charge in [0.1, 0.15) is 9.84 Å². The van der Waals surface area contributed by atoms with E-state index in [-0.39, 0.29) is 17.4 Å². The molecule has 0 aromatic heterocycles. The molecule has 0 fully saturated rings. The lowest BCUT2D eigenvalue weighted by molar-refractivity contribution is 0.0698. The van der Waals surface area contributed by atoms with Crippen LogP contribution in [0.1, 0.15) is 17.3 Å². The first-order valence-corrected chi connectivity index (χ1v) is 7.12. The standard InChI is InChI=1S/C11H15NO4S/c1-8(7-17(2,15)16)12-10-6-4-3-5-9(10)11(13)14/h3-6,8,12H,7H2,1-2H3,(H,13,14). The molecule has 17 heavy (non-hydrogen) atoms. The number of hydrogen-bond acceptors (Lipinski definition) is 4. The zero-order chi connectivity index (χ0) is 13.1. The Labute approximate surface area is 100 Å². The van der Waals surface area contributed by atoms with Crippen LogP contribution in [0, 0.1) is 0 Å². The molecule has 2 N–H and O–H groups in total. The van der Waals surface area contributed by atoms with E-state index in [1.165, 1.54) is 6.07 Å². The summed E-state index contributed by atoms with van der Waals surface area (Å²) in [4.78, 5) is 10.9. The maximum Gasteiger partial charge on any atom is 0.337 e. The summed E-state index contributed by atoms with van der Waals surface area (Å²) >= 11 is 0. The molecule has 1 atom stereocenters. The molecule has 6 heteroatoms. The van der Waals surface area contributed by atoms with Crippen molar-refractivity contribution in [1.82, 2.24) is 0 Å². The van der Waals surface area contributed by atoms with Crippen molar-refractivity contribution in [1.29, 1.82) is 0 Å². The van der Waals surface area contributed by atoms with Crippen LogP contribution in [0.2, 0.25) is 0 Å². The van der Waals surface area contributed by atoms with Crippen molar-refractivity contribution in [3.63, 3.8) is 0 Å². The van der Waals surface area contributed by atoms with Crippen molar-refractivity contribution in [3.05, 3.63) is 29.8 Å². The minimum absolute atomic E-state index is 0.0407. The van der Waals surface area contributed by atoms with E-state index in [1.54, 1.807) is 25.1 Å². The fraction of sp³-hybridized carbons (Fsp3) is 0.364. The van der Waals surface area contributed by atoms with Crippen LogP contribution in [-0.2, 0) is 9.84 Å². The molecule has 0 spiro atoms. The van der Waals surface area contributed by atoms with E-state index >= 15 is 0 Å². The van der Waals surface area contributed by atoms with Gasteiger partial charge in [0, 0.05) is 18.0 Å². The molecule has 0 saturated heterocycles. The van der Waals surface area contributed by atoms with Gasteiger partial charge in [-0.25, -0.2) is 13.2 Å². The van der Waals surface area contributed by atoms with Crippen molar-refractivity contribution >= 4 is 21.5 Å². The highest BCUT2D eigenvalue weighted by Crippen LogP contribution is 2.16. The van der Waals surface area contributed by atoms with Gasteiger partial charge in [0.05, 0.1) is 11.3 Å². The summed E-state index contributed by atoms with van der Waals surface area (Å²) in [5.74, 6) is -1.08. The lowest BCUT2D eigenvalue weighted by Crippen LogP contribution is -2.25. The average molecular weight is 257 g/mol. The SMILES string of the molecule is CC(CS(C)(=O)=O)Nc1ccccc1C(=O)O. The molecule has 5 nitrogen and oxygen atoms in total. The third-order valence-corrected chi connectivity index (χ3v) is 3.22. The van der Waals surface area contributed by atoms with Crippen LogP contribution in [0.15, 0.2) is 24.3 Å². The van der Waals surface area contributed by atoms with E-state index in [1.807, 2.05) is 0 Å². The first-order chi connectivity index (χ1) is 7.79. The quantitative estimate of drug-likeness (QED) is 0.829. The molecule has 0 aliphatic rings. The predicted octanol–water partition coefficient (Wildman–Crippen LogP) is 1.23. The second kappa shape index (κ2) is 5.18. The second-order valence-electron chi connectivity index (χ2n) is 3.99. The number of rotatable bonds is 5. The van der Waals surface area contributed by atoms with E-state index in [9.17, 15) is 13.2 Å². The van der Waals surface area contributed by atoms with Crippen LogP contribution < -0.4 is 5.32 Å². The van der Waals surface area contributed by atoms with E-state index in [0.29, 0.717) is 5.69 Å². The molecule has 0 aliphatic carbocycles. The molecular formula is C11H15NO4S. The van der Waals surface area contributed by atoms with Gasteiger partial charge in [0.25, 0.3) is 0 Å². The normalized spacial score (nSPS) is 13.1. The lowest BCUT2D eigenvalue weighted by atomic mass is 10.1. The Balaban J connectivity index is 2.85. The molecule has 0 saturated carbocycles. The van der Waals surface area contributed by atoms with Gasteiger partial charge in [0.15, 0.2) is 0 Å². The maximum absolute atomic E-state index is 11.1. The number of hydrogen-bond donors (Lipinski definition) is 2. The van der Waals surface area contributed by atoms with Gasteiger partial charge < -0.3 is 10.4 Å². The summed E-state index contributed by atoms with van der Waals surface area (Å²) < 4.78 is 22.2. The number of carboxylic acid groups (broad SMARTS) is 1. The largest absolute Gasteiger partial charge is 0.478 e. The number of benzene rings is 1. The number of carbonyl (C=O) groups is 1. The molecule has 94 valence electrons. The van der Waals surface area contributed by atoms with Gasteiger partial charge in [-0.2, -0.15) is 0 Å². The number of anilines is 1. The van der Waals surface area contributed by atoms with Crippen LogP contribution in [0.3, 0.4) is 0 Å². The van der Waals surface area contributed by atoms with Crippen LogP contribution >= 0.6 is 0 Å². The van der Waals surface area contributed by atoms with Crippen molar-refractivity contribution in [2.24, 2.45) is 0 Å². The third kappa shape index (κ3) is 4.44. The smallest absolute Gasteiger partial charge is 0.337 e. The van der Waals surface area contributed by atoms with Crippen molar-refractivity contribution in [3.8, 4) is 0 Å². The van der Waals surface area contributed by atoms with Gasteiger partial charge in [-0.05, 0) is 19.1 Å². The minimum atomic E-state index is -3.09. The first kappa shape index (κ1) is 13.5. The summed E-state index contributed by atoms with van der Waals surface area (Å²) in [6, 6.07) is 6.06. The molecular weight excluding hydrogens is 242 g/mol. The summed E-state index contributed by atoms with van der Waals surface area (Å²) in [7, 11) is -3.09. The van der Waals surface area contributed by atoms with Crippen molar-refractivity contribution in [2.45, 2.75) is 13.0 Å². The molecule has 1 aromatic carbocycles. The zero-order valence-corrected chi connectivity index (χ0v) is 10.5. The Bertz CT molecular complexity index is 510. The van der Waals surface area contributed by atoms with Gasteiger partial charge in [-0.15, -0.1) is 0 Å². The molecule has 0 radical (unpaired) electrons. The number of sulfone groups is 1. The van der Waals surface area contributed by atoms with Gasteiger partial charge in [-0.1, -0.05) is 12.1 Å². The van der Waals surface area contributed by atoms with E-state index in [0.717, 1.165) is 6.26 Å². The van der Waals surface area contributed by atoms with Crippen molar-refractivity contribution in [2.75, 3.05) is 17.3 Å². The number of para-hydroxylation sites is 1. The number of carboxylic acids is 1. The molecule has 0 heterocycles. The van der Waals surface area contributed by atoms with Crippen LogP contribution in [0.4, 0.5) is 5.69 Å². The molecule has 0 amide bonds. The molecule has 0 bridgehead atoms. The highest BCUT2D eigenvalue weighted by Gasteiger charge is 2.14. The highest BCUT2D eigenvalue weighted by atomic mass is 32.2. The summed E-state index contributed by atoms with van der Waals surface area (Å²) in [5.41, 5.74) is 0.559. The molecule has 1 aromatic rings. The number of nitrogens with one attached hydrogen (secondary N) is 1. The lowest BCUT2D eigenvalue weighted by Gasteiger charge is -2.15. The van der Waals surface area contributed by atoms with Gasteiger partial charge in [-0.3, -0.25) is 0 Å². The Kier molecular flexibility index (Phi) is 4.11. The maximum atomic E-state index is 11.1. The van der Waals surface area contributed by atoms with E-state index in [4.69, 9.17) is 5.11 Å². The third-order valence-electron chi connectivity index (χ3n) is 2.11. The molecule has 1 unspecified atom stereocenters. The van der Waals surface area contributed by atoms with Gasteiger partial charge in [0.2, 0.25) is 0 Å². The zero-order valence-electron chi connectivity index (χ0n) is 9.67. The Morgan fingerprint density at radius 1 is 1.41 bits per heavy atom. The second-order valence-corrected chi connectivity index (χ2v) is 6.17. The van der Waals surface area contributed by atoms with Crippen LogP contribution in [0.5, 0.6) is 0 Å². The van der Waals surface area contributed by atoms with Crippen molar-refractivity contribution < 1.29 is 18.3 Å². The molecule has 0 aliphatic heterocycles. The Hall–Kier alpha value is -1.56. The Morgan fingerprint density at radius 3 is 2.53 bits per heavy atom. The van der Waals surface area contributed by atoms with E-state index < -0.39 is 15.8 Å². The Morgan fingerprint density at radius 2 is 2.00 bits per heavy atom. The average Bonchev–Trinajstić information content (AvgIpc) is 2.14. The summed E-state index contributed by atoms with van der Waals surface area (Å²) in [6.45, 7) is 1.69. The fourth-order valence-electron chi connectivity index (χ4n) is 1.56. The van der Waals surface area contributed by atoms with Crippen LogP contribution in [-0.4, -0.2) is 37.5 Å². The van der Waals surface area contributed by atoms with E-state index in [2.05, 4.69) is 5.32 Å². The van der Waals surface area contributed by atoms with Gasteiger partial charge >= 0.3 is 5.97 Å². The summed E-state index contributed by atoms with van der Waals surface area (Å²) in [5, 5.41) is 11.8. The predicted molar refractivity (Wildman–Crippen MR) is 66.2 cm³/mol. The molecule has 1 rings (SSSR count). The van der Waals surface area contributed by atoms with Crippen LogP contribution in [0.25, 0.3) is 0 Å². The highest BCUT2D eigenvalue weighted by molar-refractivity contribution is 7.90. The monoisotopic (exact) mass is 257 g/mol. The topological polar surface area (TPSA) is 83.5 Å².